The Kier molecular flexibility index (Phi) is 8.14. The highest BCUT2D eigenvalue weighted by Gasteiger charge is 2.30. The zero-order chi connectivity index (χ0) is 24.2. The number of fused-ring (bicyclic) bond motifs is 1. The number of sulfonamides is 1. The van der Waals surface area contributed by atoms with Crippen molar-refractivity contribution in [2.75, 3.05) is 35.6 Å². The van der Waals surface area contributed by atoms with Crippen molar-refractivity contribution in [1.29, 1.82) is 0 Å². The number of nitrogens with zero attached hydrogens (tertiary/aromatic N) is 2. The van der Waals surface area contributed by atoms with Gasteiger partial charge in [0.25, 0.3) is 0 Å². The Bertz CT molecular complexity index is 1120. The number of hydrogen-bond acceptors (Lipinski definition) is 5. The summed E-state index contributed by atoms with van der Waals surface area (Å²) in [4.78, 5) is 27.1. The number of nitrogens with one attached hydrogen (secondary N) is 1. The highest BCUT2D eigenvalue weighted by molar-refractivity contribution is 8.01. The van der Waals surface area contributed by atoms with Crippen molar-refractivity contribution in [3.05, 3.63) is 53.8 Å². The van der Waals surface area contributed by atoms with E-state index in [1.165, 1.54) is 40.3 Å². The molecule has 1 heterocycles. The monoisotopic (exact) mass is 493 g/mol. The molecule has 1 aliphatic rings. The van der Waals surface area contributed by atoms with E-state index in [1.807, 2.05) is 0 Å². The van der Waals surface area contributed by atoms with E-state index in [0.29, 0.717) is 37.4 Å². The van der Waals surface area contributed by atoms with E-state index in [1.54, 1.807) is 43.9 Å². The van der Waals surface area contributed by atoms with Crippen LogP contribution >= 0.6 is 11.8 Å². The Labute approximate surface area is 198 Å². The molecule has 1 unspecified atom stereocenters. The van der Waals surface area contributed by atoms with Crippen molar-refractivity contribution >= 4 is 45.0 Å². The Morgan fingerprint density at radius 3 is 2.45 bits per heavy atom. The molecule has 2 aromatic carbocycles. The van der Waals surface area contributed by atoms with Crippen molar-refractivity contribution in [3.8, 4) is 0 Å². The maximum Gasteiger partial charge on any atom is 0.243 e. The van der Waals surface area contributed by atoms with Gasteiger partial charge in [-0.3, -0.25) is 9.59 Å². The number of anilines is 2. The van der Waals surface area contributed by atoms with Gasteiger partial charge in [0.15, 0.2) is 0 Å². The van der Waals surface area contributed by atoms with Crippen molar-refractivity contribution in [2.24, 2.45) is 0 Å². The second kappa shape index (κ2) is 10.7. The second-order valence-corrected chi connectivity index (χ2v) is 10.9. The summed E-state index contributed by atoms with van der Waals surface area (Å²) in [5, 5.41) is 2.21. The van der Waals surface area contributed by atoms with Crippen LogP contribution in [0, 0.1) is 5.82 Å². The molecule has 0 radical (unpaired) electrons. The third-order valence-corrected chi connectivity index (χ3v) is 8.67. The molecule has 1 N–H and O–H groups in total. The quantitative estimate of drug-likeness (QED) is 0.578. The van der Waals surface area contributed by atoms with Gasteiger partial charge in [-0.1, -0.05) is 13.8 Å². The number of rotatable bonds is 9. The molecule has 2 amide bonds. The molecular formula is C23H28FN3O4S2. The van der Waals surface area contributed by atoms with Crippen LogP contribution in [0.1, 0.15) is 26.3 Å². The molecular weight excluding hydrogens is 465 g/mol. The van der Waals surface area contributed by atoms with Crippen molar-refractivity contribution in [1.82, 2.24) is 4.31 Å². The lowest BCUT2D eigenvalue weighted by molar-refractivity contribution is -0.117. The fraction of sp³-hybridized carbons (Fsp3) is 0.391. The second-order valence-electron chi connectivity index (χ2n) is 7.63. The third-order valence-electron chi connectivity index (χ3n) is 5.50. The molecule has 33 heavy (non-hydrogen) atoms. The van der Waals surface area contributed by atoms with Gasteiger partial charge in [-0.05, 0) is 61.4 Å². The van der Waals surface area contributed by atoms with Gasteiger partial charge in [0.1, 0.15) is 5.82 Å². The molecule has 7 nitrogen and oxygen atoms in total. The minimum atomic E-state index is -3.56. The van der Waals surface area contributed by atoms with Crippen LogP contribution in [0.5, 0.6) is 0 Å². The number of amides is 2. The van der Waals surface area contributed by atoms with Crippen molar-refractivity contribution in [2.45, 2.75) is 37.3 Å². The molecule has 1 atom stereocenters. The van der Waals surface area contributed by atoms with E-state index in [2.05, 4.69) is 5.32 Å². The average Bonchev–Trinajstić information content (AvgIpc) is 3.22. The summed E-state index contributed by atoms with van der Waals surface area (Å²) in [6.07, 6.45) is 0.575. The third kappa shape index (κ3) is 5.74. The summed E-state index contributed by atoms with van der Waals surface area (Å²) < 4.78 is 40.0. The van der Waals surface area contributed by atoms with E-state index in [9.17, 15) is 22.4 Å². The van der Waals surface area contributed by atoms with E-state index in [4.69, 9.17) is 0 Å². The fourth-order valence-electron chi connectivity index (χ4n) is 3.70. The van der Waals surface area contributed by atoms with Gasteiger partial charge >= 0.3 is 0 Å². The lowest BCUT2D eigenvalue weighted by atomic mass is 10.2. The molecule has 10 heteroatoms. The molecule has 3 rings (SSSR count). The standard InChI is InChI=1S/C23H28FN3O4S2/c1-4-26(5-2)33(30,31)20-10-11-21-17(14-20)12-13-27(21)23(29)16(3)32-15-22(28)25-19-8-6-18(24)7-9-19/h6-11,14,16H,4-5,12-13,15H2,1-3H3,(H,25,28). The smallest absolute Gasteiger partial charge is 0.243 e. The van der Waals surface area contributed by atoms with E-state index in [-0.39, 0.29) is 28.3 Å². The van der Waals surface area contributed by atoms with Gasteiger partial charge in [0.05, 0.1) is 15.9 Å². The molecule has 0 fully saturated rings. The van der Waals surface area contributed by atoms with E-state index >= 15 is 0 Å². The minimum Gasteiger partial charge on any atom is -0.325 e. The summed E-state index contributed by atoms with van der Waals surface area (Å²) in [5.74, 6) is -0.719. The molecule has 1 aliphatic heterocycles. The lowest BCUT2D eigenvalue weighted by Crippen LogP contribution is -2.36. The zero-order valence-electron chi connectivity index (χ0n) is 18.9. The molecule has 0 spiro atoms. The molecule has 0 aromatic heterocycles. The molecule has 2 aromatic rings. The van der Waals surface area contributed by atoms with Crippen LogP contribution in [0.3, 0.4) is 0 Å². The Morgan fingerprint density at radius 1 is 1.15 bits per heavy atom. The Morgan fingerprint density at radius 2 is 1.82 bits per heavy atom. The number of carbonyl (C=O) groups excluding carboxylic acids is 2. The van der Waals surface area contributed by atoms with Crippen LogP contribution in [-0.4, -0.2) is 55.2 Å². The predicted octanol–water partition coefficient (Wildman–Crippen LogP) is 3.51. The summed E-state index contributed by atoms with van der Waals surface area (Å²) >= 11 is 1.21. The average molecular weight is 494 g/mol. The number of halogens is 1. The Hall–Kier alpha value is -2.43. The molecule has 0 bridgehead atoms. The molecule has 178 valence electrons. The predicted molar refractivity (Wildman–Crippen MR) is 130 cm³/mol. The summed E-state index contributed by atoms with van der Waals surface area (Å²) in [6, 6.07) is 10.4. The highest BCUT2D eigenvalue weighted by atomic mass is 32.2. The number of thioether (sulfide) groups is 1. The fourth-order valence-corrected chi connectivity index (χ4v) is 5.95. The first kappa shape index (κ1) is 25.2. The summed E-state index contributed by atoms with van der Waals surface area (Å²) in [6.45, 7) is 6.60. The normalized spacial score (nSPS) is 14.3. The van der Waals surface area contributed by atoms with Gasteiger partial charge in [-0.25, -0.2) is 12.8 Å². The maximum atomic E-state index is 13.0. The van der Waals surface area contributed by atoms with Crippen LogP contribution in [0.15, 0.2) is 47.4 Å². The number of benzene rings is 2. The van der Waals surface area contributed by atoms with Gasteiger partial charge in [-0.2, -0.15) is 4.31 Å². The number of carbonyl (C=O) groups is 2. The van der Waals surface area contributed by atoms with E-state index < -0.39 is 15.3 Å². The minimum absolute atomic E-state index is 0.0754. The van der Waals surface area contributed by atoms with Crippen LogP contribution in [-0.2, 0) is 26.0 Å². The van der Waals surface area contributed by atoms with Gasteiger partial charge in [0.2, 0.25) is 21.8 Å². The first-order valence-corrected chi connectivity index (χ1v) is 13.3. The summed E-state index contributed by atoms with van der Waals surface area (Å²) in [5.41, 5.74) is 2.02. The van der Waals surface area contributed by atoms with Crippen LogP contribution in [0.25, 0.3) is 0 Å². The van der Waals surface area contributed by atoms with Crippen LogP contribution in [0.2, 0.25) is 0 Å². The molecule has 0 saturated heterocycles. The SMILES string of the molecule is CCN(CC)S(=O)(=O)c1ccc2c(c1)CCN2C(=O)C(C)SCC(=O)Nc1ccc(F)cc1. The first-order chi connectivity index (χ1) is 15.7. The van der Waals surface area contributed by atoms with Crippen LogP contribution < -0.4 is 10.2 Å². The highest BCUT2D eigenvalue weighted by Crippen LogP contribution is 2.32. The molecule has 0 aliphatic carbocycles. The lowest BCUT2D eigenvalue weighted by Gasteiger charge is -2.22. The number of hydrogen-bond donors (Lipinski definition) is 1. The largest absolute Gasteiger partial charge is 0.325 e. The van der Waals surface area contributed by atoms with E-state index in [0.717, 1.165) is 5.56 Å². The topological polar surface area (TPSA) is 86.8 Å². The van der Waals surface area contributed by atoms with Crippen LogP contribution in [0.4, 0.5) is 15.8 Å². The van der Waals surface area contributed by atoms with Gasteiger partial charge < -0.3 is 10.2 Å². The Balaban J connectivity index is 1.62. The van der Waals surface area contributed by atoms with Crippen molar-refractivity contribution in [3.63, 3.8) is 0 Å². The molecule has 0 saturated carbocycles. The van der Waals surface area contributed by atoms with Gasteiger partial charge in [0, 0.05) is 31.0 Å². The summed E-state index contributed by atoms with van der Waals surface area (Å²) in [7, 11) is -3.56. The first-order valence-electron chi connectivity index (χ1n) is 10.8. The zero-order valence-corrected chi connectivity index (χ0v) is 20.5. The van der Waals surface area contributed by atoms with Crippen molar-refractivity contribution < 1.29 is 22.4 Å². The van der Waals surface area contributed by atoms with Gasteiger partial charge in [-0.15, -0.1) is 11.8 Å². The maximum absolute atomic E-state index is 13.0.